The van der Waals surface area contributed by atoms with E-state index in [1.165, 1.54) is 4.68 Å². The molecule has 1 aromatic heterocycles. The number of hydrogen-bond donors (Lipinski definition) is 0. The molecule has 0 aliphatic carbocycles. The van der Waals surface area contributed by atoms with Gasteiger partial charge in [0.1, 0.15) is 0 Å². The first-order chi connectivity index (χ1) is 5.88. The maximum atomic E-state index is 4.89. The van der Waals surface area contributed by atoms with Crippen molar-refractivity contribution < 1.29 is 0 Å². The van der Waals surface area contributed by atoms with Crippen molar-refractivity contribution in [3.05, 3.63) is 30.3 Å². The maximum Gasteiger partial charge on any atom is 0.0664 e. The highest BCUT2D eigenvalue weighted by Crippen LogP contribution is 2.05. The topological polar surface area (TPSA) is 43.6 Å². The van der Waals surface area contributed by atoms with Gasteiger partial charge in [-0.1, -0.05) is 18.2 Å². The normalized spacial score (nSPS) is 10.0. The molecule has 0 saturated carbocycles. The van der Waals surface area contributed by atoms with E-state index >= 15 is 0 Å². The summed E-state index contributed by atoms with van der Waals surface area (Å²) in [7, 11) is 0. The summed E-state index contributed by atoms with van der Waals surface area (Å²) >= 11 is 4.89. The van der Waals surface area contributed by atoms with Crippen LogP contribution >= 0.6 is 0 Å². The fourth-order valence-electron chi connectivity index (χ4n) is 0.910. The lowest BCUT2D eigenvalue weighted by Gasteiger charge is -2.05. The number of tetrazole rings is 1. The van der Waals surface area contributed by atoms with E-state index in [-0.39, 0.29) is 0 Å². The van der Waals surface area contributed by atoms with Crippen LogP contribution in [0.2, 0.25) is 0 Å². The van der Waals surface area contributed by atoms with Crippen molar-refractivity contribution in [1.29, 1.82) is 0 Å². The van der Waals surface area contributed by atoms with Crippen LogP contribution in [0.15, 0.2) is 35.5 Å². The quantitative estimate of drug-likeness (QED) is 0.597. The molecule has 4 nitrogen and oxygen atoms in total. The summed E-state index contributed by atoms with van der Waals surface area (Å²) in [6.07, 6.45) is 0. The third kappa shape index (κ3) is 1.14. The van der Waals surface area contributed by atoms with Crippen molar-refractivity contribution >= 4 is 12.6 Å². The Bertz CT molecular complexity index is 370. The SMILES string of the molecule is [S-]c1nnnn1-c1ccccc1. The monoisotopic (exact) mass is 177 g/mol. The van der Waals surface area contributed by atoms with Gasteiger partial charge < -0.3 is 12.6 Å². The van der Waals surface area contributed by atoms with Crippen LogP contribution in [0, 0.1) is 0 Å². The van der Waals surface area contributed by atoms with E-state index in [4.69, 9.17) is 12.6 Å². The largest absolute Gasteiger partial charge is 0.738 e. The average molecular weight is 177 g/mol. The number of nitrogens with zero attached hydrogens (tertiary/aromatic N) is 4. The molecule has 0 aliphatic rings. The molecule has 5 heteroatoms. The lowest BCUT2D eigenvalue weighted by Crippen LogP contribution is -1.97. The zero-order chi connectivity index (χ0) is 8.39. The van der Waals surface area contributed by atoms with Crippen molar-refractivity contribution in [2.45, 2.75) is 5.16 Å². The summed E-state index contributed by atoms with van der Waals surface area (Å²) in [5.41, 5.74) is 0.882. The summed E-state index contributed by atoms with van der Waals surface area (Å²) in [4.78, 5) is 0. The lowest BCUT2D eigenvalue weighted by molar-refractivity contribution is 0.757. The van der Waals surface area contributed by atoms with Crippen LogP contribution in [0.5, 0.6) is 0 Å². The predicted octanol–water partition coefficient (Wildman–Crippen LogP) is 0.568. The molecule has 0 spiro atoms. The number of para-hydroxylation sites is 1. The molecular formula is C7H5N4S-. The van der Waals surface area contributed by atoms with Gasteiger partial charge in [0.25, 0.3) is 0 Å². The Balaban J connectivity index is 2.51. The van der Waals surface area contributed by atoms with Gasteiger partial charge in [0.2, 0.25) is 0 Å². The standard InChI is InChI=1S/C7H6N4S/c12-7-8-9-10-11(7)6-4-2-1-3-5-6/h1-5H,(H,8,10,12)/p-1. The molecule has 1 aromatic carbocycles. The van der Waals surface area contributed by atoms with E-state index in [2.05, 4.69) is 15.5 Å². The molecule has 0 atom stereocenters. The smallest absolute Gasteiger partial charge is 0.0664 e. The van der Waals surface area contributed by atoms with Crippen LogP contribution in [0.4, 0.5) is 0 Å². The van der Waals surface area contributed by atoms with E-state index in [0.717, 1.165) is 5.69 Å². The van der Waals surface area contributed by atoms with Crippen molar-refractivity contribution in [3.63, 3.8) is 0 Å². The molecule has 0 amide bonds. The predicted molar refractivity (Wildman–Crippen MR) is 44.8 cm³/mol. The van der Waals surface area contributed by atoms with Crippen LogP contribution in [-0.2, 0) is 12.6 Å². The van der Waals surface area contributed by atoms with E-state index < -0.39 is 0 Å². The fourth-order valence-corrected chi connectivity index (χ4v) is 1.09. The van der Waals surface area contributed by atoms with Gasteiger partial charge in [-0.25, -0.2) is 4.68 Å². The molecular weight excluding hydrogens is 172 g/mol. The van der Waals surface area contributed by atoms with E-state index in [9.17, 15) is 0 Å². The number of hydrogen-bond acceptors (Lipinski definition) is 4. The zero-order valence-corrected chi connectivity index (χ0v) is 6.90. The zero-order valence-electron chi connectivity index (χ0n) is 6.08. The third-order valence-electron chi connectivity index (χ3n) is 1.44. The molecule has 2 aromatic rings. The highest BCUT2D eigenvalue weighted by molar-refractivity contribution is 7.58. The third-order valence-corrected chi connectivity index (χ3v) is 1.70. The van der Waals surface area contributed by atoms with Crippen molar-refractivity contribution in [2.75, 3.05) is 0 Å². The maximum absolute atomic E-state index is 4.89. The van der Waals surface area contributed by atoms with Crippen LogP contribution in [-0.4, -0.2) is 20.2 Å². The molecule has 0 radical (unpaired) electrons. The van der Waals surface area contributed by atoms with Crippen LogP contribution in [0.3, 0.4) is 0 Å². The fraction of sp³-hybridized carbons (Fsp3) is 0. The van der Waals surface area contributed by atoms with Gasteiger partial charge in [0.15, 0.2) is 0 Å². The Hall–Kier alpha value is -1.49. The molecule has 0 unspecified atom stereocenters. The molecule has 60 valence electrons. The highest BCUT2D eigenvalue weighted by Gasteiger charge is 1.95. The Kier molecular flexibility index (Phi) is 1.71. The summed E-state index contributed by atoms with van der Waals surface area (Å²) in [5, 5.41) is 11.2. The van der Waals surface area contributed by atoms with Crippen molar-refractivity contribution in [3.8, 4) is 5.69 Å². The average Bonchev–Trinajstić information content (AvgIpc) is 2.53. The van der Waals surface area contributed by atoms with Crippen molar-refractivity contribution in [2.24, 2.45) is 0 Å². The van der Waals surface area contributed by atoms with Gasteiger partial charge in [-0.3, -0.25) is 0 Å². The van der Waals surface area contributed by atoms with E-state index in [1.807, 2.05) is 30.3 Å². The minimum atomic E-state index is 0.376. The van der Waals surface area contributed by atoms with Crippen LogP contribution in [0.1, 0.15) is 0 Å². The molecule has 0 N–H and O–H groups in total. The van der Waals surface area contributed by atoms with E-state index in [1.54, 1.807) is 0 Å². The Morgan fingerprint density at radius 3 is 2.50 bits per heavy atom. The molecule has 0 saturated heterocycles. The van der Waals surface area contributed by atoms with Gasteiger partial charge in [0.05, 0.1) is 5.69 Å². The second-order valence-corrected chi connectivity index (χ2v) is 2.57. The number of benzene rings is 1. The van der Waals surface area contributed by atoms with Gasteiger partial charge in [-0.2, -0.15) is 0 Å². The molecule has 1 heterocycles. The van der Waals surface area contributed by atoms with Crippen molar-refractivity contribution in [1.82, 2.24) is 20.2 Å². The molecule has 0 bridgehead atoms. The highest BCUT2D eigenvalue weighted by atomic mass is 32.1. The summed E-state index contributed by atoms with van der Waals surface area (Å²) < 4.78 is 1.51. The first-order valence-corrected chi connectivity index (χ1v) is 3.79. The molecule has 12 heavy (non-hydrogen) atoms. The Morgan fingerprint density at radius 2 is 1.92 bits per heavy atom. The molecule has 0 fully saturated rings. The van der Waals surface area contributed by atoms with Gasteiger partial charge in [0, 0.05) is 5.16 Å². The number of rotatable bonds is 1. The van der Waals surface area contributed by atoms with E-state index in [0.29, 0.717) is 5.16 Å². The Morgan fingerprint density at radius 1 is 1.17 bits per heavy atom. The molecule has 2 rings (SSSR count). The minimum Gasteiger partial charge on any atom is -0.738 e. The summed E-state index contributed by atoms with van der Waals surface area (Å²) in [6.45, 7) is 0. The first-order valence-electron chi connectivity index (χ1n) is 3.39. The first kappa shape index (κ1) is 7.17. The minimum absolute atomic E-state index is 0.376. The summed E-state index contributed by atoms with van der Waals surface area (Å²) in [5.74, 6) is 0. The van der Waals surface area contributed by atoms with Gasteiger partial charge in [-0.05, 0) is 22.6 Å². The second-order valence-electron chi connectivity index (χ2n) is 2.21. The number of aromatic nitrogens is 4. The second kappa shape index (κ2) is 2.86. The lowest BCUT2D eigenvalue weighted by atomic mass is 10.3. The Labute approximate surface area is 74.6 Å². The molecule has 0 aliphatic heterocycles. The van der Waals surface area contributed by atoms with Crippen LogP contribution < -0.4 is 0 Å². The van der Waals surface area contributed by atoms with Gasteiger partial charge in [-0.15, -0.1) is 5.10 Å². The van der Waals surface area contributed by atoms with Crippen LogP contribution in [0.25, 0.3) is 5.69 Å². The summed E-state index contributed by atoms with van der Waals surface area (Å²) in [6, 6.07) is 9.53. The van der Waals surface area contributed by atoms with Gasteiger partial charge >= 0.3 is 0 Å².